The van der Waals surface area contributed by atoms with Crippen LogP contribution >= 0.6 is 0 Å². The standard InChI is InChI=1S/C14H22F3N5O/c1-2-3-6-10(12(18)23)19-8-11-20-21-13-9(14(15,16)17)5-4-7-22(11)13/h9-10,19H,2-8H2,1H3,(H2,18,23)/t9-,10+/m1/s1. The second kappa shape index (κ2) is 7.29. The fraction of sp³-hybridized carbons (Fsp3) is 0.786. The minimum absolute atomic E-state index is 0.0372. The van der Waals surface area contributed by atoms with Crippen LogP contribution in [0.25, 0.3) is 0 Å². The van der Waals surface area contributed by atoms with Crippen molar-refractivity contribution in [2.75, 3.05) is 0 Å². The van der Waals surface area contributed by atoms with Gasteiger partial charge in [-0.1, -0.05) is 19.8 Å². The molecule has 1 amide bonds. The number of aromatic nitrogens is 3. The third-order valence-electron chi connectivity index (χ3n) is 4.13. The van der Waals surface area contributed by atoms with Gasteiger partial charge in [-0.25, -0.2) is 0 Å². The summed E-state index contributed by atoms with van der Waals surface area (Å²) >= 11 is 0. The summed E-state index contributed by atoms with van der Waals surface area (Å²) in [5.74, 6) is -1.66. The molecule has 2 rings (SSSR count). The molecule has 9 heteroatoms. The summed E-state index contributed by atoms with van der Waals surface area (Å²) in [6, 6.07) is -0.509. The van der Waals surface area contributed by atoms with Gasteiger partial charge in [0.25, 0.3) is 0 Å². The van der Waals surface area contributed by atoms with Gasteiger partial charge in [-0.05, 0) is 19.3 Å². The van der Waals surface area contributed by atoms with Crippen LogP contribution in [0.1, 0.15) is 56.6 Å². The number of halogens is 3. The first-order valence-electron chi connectivity index (χ1n) is 7.86. The van der Waals surface area contributed by atoms with E-state index in [0.717, 1.165) is 12.8 Å². The Morgan fingerprint density at radius 1 is 1.48 bits per heavy atom. The van der Waals surface area contributed by atoms with Crippen LogP contribution in [0.15, 0.2) is 0 Å². The van der Waals surface area contributed by atoms with E-state index >= 15 is 0 Å². The SMILES string of the molecule is CCCC[C@H](NCc1nnc2n1CCC[C@H]2C(F)(F)F)C(N)=O. The van der Waals surface area contributed by atoms with E-state index in [1.54, 1.807) is 0 Å². The molecule has 0 bridgehead atoms. The summed E-state index contributed by atoms with van der Waals surface area (Å²) in [4.78, 5) is 11.4. The zero-order chi connectivity index (χ0) is 17.0. The van der Waals surface area contributed by atoms with Crippen LogP contribution in [-0.4, -0.2) is 32.9 Å². The molecule has 0 spiro atoms. The number of carbonyl (C=O) groups is 1. The molecule has 6 nitrogen and oxygen atoms in total. The van der Waals surface area contributed by atoms with Gasteiger partial charge in [0.1, 0.15) is 17.6 Å². The number of fused-ring (bicyclic) bond motifs is 1. The second-order valence-electron chi connectivity index (χ2n) is 5.84. The van der Waals surface area contributed by atoms with Crippen molar-refractivity contribution >= 4 is 5.91 Å². The van der Waals surface area contributed by atoms with Gasteiger partial charge in [0, 0.05) is 6.54 Å². The molecule has 3 N–H and O–H groups in total. The van der Waals surface area contributed by atoms with E-state index in [2.05, 4.69) is 15.5 Å². The van der Waals surface area contributed by atoms with E-state index in [9.17, 15) is 18.0 Å². The van der Waals surface area contributed by atoms with Crippen molar-refractivity contribution in [3.63, 3.8) is 0 Å². The third-order valence-corrected chi connectivity index (χ3v) is 4.13. The lowest BCUT2D eigenvalue weighted by molar-refractivity contribution is -0.156. The number of carbonyl (C=O) groups excluding carboxylic acids is 1. The van der Waals surface area contributed by atoms with E-state index in [-0.39, 0.29) is 18.8 Å². The zero-order valence-corrected chi connectivity index (χ0v) is 13.1. The Morgan fingerprint density at radius 3 is 2.83 bits per heavy atom. The highest BCUT2D eigenvalue weighted by molar-refractivity contribution is 5.79. The first kappa shape index (κ1) is 17.7. The molecule has 1 aliphatic rings. The molecule has 1 aliphatic heterocycles. The van der Waals surface area contributed by atoms with Crippen LogP contribution in [0.3, 0.4) is 0 Å². The summed E-state index contributed by atoms with van der Waals surface area (Å²) in [7, 11) is 0. The van der Waals surface area contributed by atoms with Crippen molar-refractivity contribution in [3.8, 4) is 0 Å². The van der Waals surface area contributed by atoms with Gasteiger partial charge in [-0.15, -0.1) is 10.2 Å². The molecule has 0 unspecified atom stereocenters. The quantitative estimate of drug-likeness (QED) is 0.797. The smallest absolute Gasteiger partial charge is 0.368 e. The number of unbranched alkanes of at least 4 members (excludes halogenated alkanes) is 1. The van der Waals surface area contributed by atoms with Gasteiger partial charge in [0.05, 0.1) is 12.6 Å². The Kier molecular flexibility index (Phi) is 5.61. The number of hydrogen-bond donors (Lipinski definition) is 2. The minimum atomic E-state index is -4.31. The van der Waals surface area contributed by atoms with E-state index < -0.39 is 24.0 Å². The average molecular weight is 333 g/mol. The Labute approximate surface area is 132 Å². The molecule has 0 saturated carbocycles. The lowest BCUT2D eigenvalue weighted by Crippen LogP contribution is -2.41. The molecular weight excluding hydrogens is 311 g/mol. The highest BCUT2D eigenvalue weighted by Gasteiger charge is 2.45. The van der Waals surface area contributed by atoms with Crippen LogP contribution in [-0.2, 0) is 17.9 Å². The maximum absolute atomic E-state index is 13.0. The van der Waals surface area contributed by atoms with Crippen LogP contribution in [0.2, 0.25) is 0 Å². The maximum atomic E-state index is 13.0. The normalized spacial score (nSPS) is 19.4. The Hall–Kier alpha value is -1.64. The predicted octanol–water partition coefficient (Wildman–Crippen LogP) is 1.85. The second-order valence-corrected chi connectivity index (χ2v) is 5.84. The highest BCUT2D eigenvalue weighted by Crippen LogP contribution is 2.40. The van der Waals surface area contributed by atoms with Gasteiger partial charge in [-0.2, -0.15) is 13.2 Å². The Morgan fingerprint density at radius 2 is 2.22 bits per heavy atom. The molecule has 1 aromatic rings. The van der Waals surface area contributed by atoms with E-state index in [0.29, 0.717) is 25.2 Å². The van der Waals surface area contributed by atoms with Crippen molar-refractivity contribution in [3.05, 3.63) is 11.6 Å². The van der Waals surface area contributed by atoms with Crippen molar-refractivity contribution < 1.29 is 18.0 Å². The largest absolute Gasteiger partial charge is 0.398 e. The van der Waals surface area contributed by atoms with Gasteiger partial charge in [-0.3, -0.25) is 10.1 Å². The zero-order valence-electron chi connectivity index (χ0n) is 13.1. The minimum Gasteiger partial charge on any atom is -0.368 e. The number of primary amides is 1. The summed E-state index contributed by atoms with van der Waals surface area (Å²) in [6.45, 7) is 2.64. The molecule has 0 radical (unpaired) electrons. The monoisotopic (exact) mass is 333 g/mol. The number of rotatable bonds is 7. The van der Waals surface area contributed by atoms with Crippen LogP contribution in [0.4, 0.5) is 13.2 Å². The van der Waals surface area contributed by atoms with Gasteiger partial charge in [0.15, 0.2) is 0 Å². The van der Waals surface area contributed by atoms with Gasteiger partial charge in [0.2, 0.25) is 5.91 Å². The third kappa shape index (κ3) is 4.21. The average Bonchev–Trinajstić information content (AvgIpc) is 2.89. The summed E-state index contributed by atoms with van der Waals surface area (Å²) < 4.78 is 40.6. The van der Waals surface area contributed by atoms with Crippen LogP contribution < -0.4 is 11.1 Å². The number of nitrogens with two attached hydrogens (primary N) is 1. The first-order chi connectivity index (χ1) is 10.8. The summed E-state index contributed by atoms with van der Waals surface area (Å²) in [6.07, 6.45) is -1.48. The summed E-state index contributed by atoms with van der Waals surface area (Å²) in [5.41, 5.74) is 5.34. The number of hydrogen-bond acceptors (Lipinski definition) is 4. The summed E-state index contributed by atoms with van der Waals surface area (Å²) in [5, 5.41) is 10.6. The number of amides is 1. The van der Waals surface area contributed by atoms with Crippen molar-refractivity contribution in [1.29, 1.82) is 0 Å². The molecule has 1 aromatic heterocycles. The van der Waals surface area contributed by atoms with Crippen LogP contribution in [0, 0.1) is 0 Å². The van der Waals surface area contributed by atoms with E-state index in [1.807, 2.05) is 6.92 Å². The molecule has 0 aliphatic carbocycles. The van der Waals surface area contributed by atoms with Crippen LogP contribution in [0.5, 0.6) is 0 Å². The number of nitrogens with zero attached hydrogens (tertiary/aromatic N) is 3. The molecular formula is C14H22F3N5O. The first-order valence-corrected chi connectivity index (χ1v) is 7.86. The van der Waals surface area contributed by atoms with Crippen molar-refractivity contribution in [2.24, 2.45) is 5.73 Å². The maximum Gasteiger partial charge on any atom is 0.398 e. The van der Waals surface area contributed by atoms with Crippen molar-refractivity contribution in [1.82, 2.24) is 20.1 Å². The van der Waals surface area contributed by atoms with Gasteiger partial charge < -0.3 is 10.3 Å². The number of nitrogens with one attached hydrogen (secondary N) is 1. The molecule has 23 heavy (non-hydrogen) atoms. The fourth-order valence-corrected chi connectivity index (χ4v) is 2.84. The lowest BCUT2D eigenvalue weighted by atomic mass is 9.98. The molecule has 0 saturated heterocycles. The molecule has 0 aromatic carbocycles. The fourth-order valence-electron chi connectivity index (χ4n) is 2.84. The lowest BCUT2D eigenvalue weighted by Gasteiger charge is -2.25. The Bertz CT molecular complexity index is 543. The van der Waals surface area contributed by atoms with Crippen molar-refractivity contribution in [2.45, 2.75) is 70.3 Å². The highest BCUT2D eigenvalue weighted by atomic mass is 19.4. The van der Waals surface area contributed by atoms with E-state index in [4.69, 9.17) is 5.73 Å². The molecule has 130 valence electrons. The number of alkyl halides is 3. The molecule has 2 atom stereocenters. The predicted molar refractivity (Wildman–Crippen MR) is 77.4 cm³/mol. The van der Waals surface area contributed by atoms with Gasteiger partial charge >= 0.3 is 6.18 Å². The Balaban J connectivity index is 2.08. The molecule has 0 fully saturated rings. The molecule has 2 heterocycles. The topological polar surface area (TPSA) is 85.8 Å². The van der Waals surface area contributed by atoms with E-state index in [1.165, 1.54) is 4.57 Å².